The molecule has 0 amide bonds. The zero-order valence-corrected chi connectivity index (χ0v) is 15.2. The van der Waals surface area contributed by atoms with Gasteiger partial charge in [0.1, 0.15) is 4.90 Å². The van der Waals surface area contributed by atoms with Gasteiger partial charge in [-0.3, -0.25) is 4.72 Å². The lowest BCUT2D eigenvalue weighted by atomic mass is 10.2. The smallest absolute Gasteiger partial charge is 0.263 e. The Balaban J connectivity index is 2.38. The summed E-state index contributed by atoms with van der Waals surface area (Å²) in [5.41, 5.74) is 7.94. The van der Waals surface area contributed by atoms with E-state index in [1.54, 1.807) is 18.2 Å². The lowest BCUT2D eigenvalue weighted by Crippen LogP contribution is -2.14. The molecular formula is C14H14Br2N2O2S. The number of benzene rings is 2. The van der Waals surface area contributed by atoms with E-state index in [-0.39, 0.29) is 4.90 Å². The molecule has 4 nitrogen and oxygen atoms in total. The first-order chi connectivity index (χ1) is 9.83. The maximum Gasteiger partial charge on any atom is 0.263 e. The van der Waals surface area contributed by atoms with E-state index < -0.39 is 10.0 Å². The van der Waals surface area contributed by atoms with E-state index in [2.05, 4.69) is 36.6 Å². The van der Waals surface area contributed by atoms with Crippen LogP contribution in [0.4, 0.5) is 5.69 Å². The van der Waals surface area contributed by atoms with E-state index in [1.807, 2.05) is 19.1 Å². The molecule has 0 saturated carbocycles. The normalized spacial score (nSPS) is 11.4. The van der Waals surface area contributed by atoms with E-state index >= 15 is 0 Å². The molecule has 0 aliphatic carbocycles. The summed E-state index contributed by atoms with van der Waals surface area (Å²) in [5.74, 6) is 0. The van der Waals surface area contributed by atoms with E-state index in [4.69, 9.17) is 5.73 Å². The number of anilines is 1. The topological polar surface area (TPSA) is 72.2 Å². The Morgan fingerprint density at radius 3 is 2.38 bits per heavy atom. The van der Waals surface area contributed by atoms with E-state index in [0.717, 1.165) is 11.1 Å². The predicted octanol–water partition coefficient (Wildman–Crippen LogP) is 3.78. The van der Waals surface area contributed by atoms with E-state index in [0.29, 0.717) is 21.2 Å². The van der Waals surface area contributed by atoms with Crippen molar-refractivity contribution in [2.24, 2.45) is 5.73 Å². The molecule has 0 saturated heterocycles. The molecule has 21 heavy (non-hydrogen) atoms. The highest BCUT2D eigenvalue weighted by atomic mass is 79.9. The number of rotatable bonds is 4. The molecule has 2 rings (SSSR count). The Kier molecular flexibility index (Phi) is 5.08. The summed E-state index contributed by atoms with van der Waals surface area (Å²) in [6.45, 7) is 2.29. The molecular weight excluding hydrogens is 420 g/mol. The summed E-state index contributed by atoms with van der Waals surface area (Å²) < 4.78 is 28.7. The Hall–Kier alpha value is -0.890. The van der Waals surface area contributed by atoms with Crippen molar-refractivity contribution < 1.29 is 8.42 Å². The molecule has 0 fully saturated rings. The van der Waals surface area contributed by atoms with Crippen molar-refractivity contribution in [1.29, 1.82) is 0 Å². The second-order valence-electron chi connectivity index (χ2n) is 4.56. The van der Waals surface area contributed by atoms with Crippen molar-refractivity contribution in [3.05, 3.63) is 56.5 Å². The third-order valence-electron chi connectivity index (χ3n) is 2.89. The van der Waals surface area contributed by atoms with Crippen LogP contribution in [0.5, 0.6) is 0 Å². The lowest BCUT2D eigenvalue weighted by molar-refractivity contribution is 0.600. The maximum atomic E-state index is 12.5. The van der Waals surface area contributed by atoms with Gasteiger partial charge in [0.05, 0.1) is 5.69 Å². The minimum Gasteiger partial charge on any atom is -0.326 e. The van der Waals surface area contributed by atoms with Gasteiger partial charge >= 0.3 is 0 Å². The molecule has 2 aromatic rings. The van der Waals surface area contributed by atoms with Crippen LogP contribution in [0.3, 0.4) is 0 Å². The van der Waals surface area contributed by atoms with Crippen LogP contribution in [-0.4, -0.2) is 8.42 Å². The van der Waals surface area contributed by atoms with Crippen molar-refractivity contribution in [3.8, 4) is 0 Å². The molecule has 0 heterocycles. The Bertz CT molecular complexity index is 777. The molecule has 2 aromatic carbocycles. The van der Waals surface area contributed by atoms with Gasteiger partial charge in [0.15, 0.2) is 0 Å². The monoisotopic (exact) mass is 432 g/mol. The fourth-order valence-electron chi connectivity index (χ4n) is 1.79. The van der Waals surface area contributed by atoms with Crippen LogP contribution >= 0.6 is 31.9 Å². The highest BCUT2D eigenvalue weighted by Crippen LogP contribution is 2.29. The van der Waals surface area contributed by atoms with Crippen LogP contribution in [0.25, 0.3) is 0 Å². The fraction of sp³-hybridized carbons (Fsp3) is 0.143. The third kappa shape index (κ3) is 3.85. The minimum absolute atomic E-state index is 0.173. The molecule has 7 heteroatoms. The summed E-state index contributed by atoms with van der Waals surface area (Å²) in [6, 6.07) is 10.4. The van der Waals surface area contributed by atoms with Gasteiger partial charge in [0, 0.05) is 15.5 Å². The van der Waals surface area contributed by atoms with Gasteiger partial charge in [0.25, 0.3) is 10.0 Å². The van der Waals surface area contributed by atoms with Crippen molar-refractivity contribution in [2.75, 3.05) is 4.72 Å². The zero-order chi connectivity index (χ0) is 15.6. The average molecular weight is 434 g/mol. The van der Waals surface area contributed by atoms with Crippen LogP contribution in [-0.2, 0) is 16.6 Å². The van der Waals surface area contributed by atoms with E-state index in [1.165, 1.54) is 6.07 Å². The van der Waals surface area contributed by atoms with Crippen LogP contribution in [0, 0.1) is 6.92 Å². The summed E-state index contributed by atoms with van der Waals surface area (Å²) in [6.07, 6.45) is 0. The molecule has 0 spiro atoms. The van der Waals surface area contributed by atoms with Crippen molar-refractivity contribution in [3.63, 3.8) is 0 Å². The largest absolute Gasteiger partial charge is 0.326 e. The first-order valence-electron chi connectivity index (χ1n) is 6.11. The van der Waals surface area contributed by atoms with Gasteiger partial charge in [-0.25, -0.2) is 8.42 Å². The van der Waals surface area contributed by atoms with Crippen LogP contribution in [0.15, 0.2) is 50.2 Å². The number of halogens is 2. The highest BCUT2D eigenvalue weighted by Gasteiger charge is 2.19. The minimum atomic E-state index is -3.67. The quantitative estimate of drug-likeness (QED) is 0.770. The first-order valence-corrected chi connectivity index (χ1v) is 9.18. The fourth-order valence-corrected chi connectivity index (χ4v) is 4.72. The average Bonchev–Trinajstić information content (AvgIpc) is 2.41. The number of hydrogen-bond donors (Lipinski definition) is 2. The second kappa shape index (κ2) is 6.48. The lowest BCUT2D eigenvalue weighted by Gasteiger charge is -2.12. The molecule has 3 N–H and O–H groups in total. The third-order valence-corrected chi connectivity index (χ3v) is 5.89. The van der Waals surface area contributed by atoms with Gasteiger partial charge in [-0.15, -0.1) is 0 Å². The van der Waals surface area contributed by atoms with Crippen LogP contribution < -0.4 is 10.5 Å². The second-order valence-corrected chi connectivity index (χ2v) is 7.92. The highest BCUT2D eigenvalue weighted by molar-refractivity contribution is 9.11. The molecule has 0 radical (unpaired) electrons. The Morgan fingerprint density at radius 2 is 1.81 bits per heavy atom. The Morgan fingerprint density at radius 1 is 1.10 bits per heavy atom. The van der Waals surface area contributed by atoms with E-state index in [9.17, 15) is 8.42 Å². The van der Waals surface area contributed by atoms with Gasteiger partial charge in [-0.05, 0) is 74.2 Å². The van der Waals surface area contributed by atoms with Gasteiger partial charge < -0.3 is 5.73 Å². The Labute approximate surface area is 141 Å². The SMILES string of the molecule is Cc1ccc(NS(=O)(=O)c2ccc(CN)cc2Br)c(Br)c1. The summed E-state index contributed by atoms with van der Waals surface area (Å²) in [5, 5.41) is 0. The predicted molar refractivity (Wildman–Crippen MR) is 91.7 cm³/mol. The summed E-state index contributed by atoms with van der Waals surface area (Å²) in [7, 11) is -3.67. The van der Waals surface area contributed by atoms with Crippen LogP contribution in [0.2, 0.25) is 0 Å². The zero-order valence-electron chi connectivity index (χ0n) is 11.2. The molecule has 0 bridgehead atoms. The van der Waals surface area contributed by atoms with Crippen molar-refractivity contribution >= 4 is 47.6 Å². The number of hydrogen-bond acceptors (Lipinski definition) is 3. The summed E-state index contributed by atoms with van der Waals surface area (Å²) in [4.78, 5) is 0.173. The molecule has 0 unspecified atom stereocenters. The number of nitrogens with two attached hydrogens (primary N) is 1. The number of sulfonamides is 1. The van der Waals surface area contributed by atoms with Gasteiger partial charge in [-0.2, -0.15) is 0 Å². The molecule has 0 aliphatic rings. The van der Waals surface area contributed by atoms with Gasteiger partial charge in [0.2, 0.25) is 0 Å². The standard InChI is InChI=1S/C14H14Br2N2O2S/c1-9-2-4-13(11(15)6-9)18-21(19,20)14-5-3-10(8-17)7-12(14)16/h2-7,18H,8,17H2,1H3. The molecule has 0 aliphatic heterocycles. The van der Waals surface area contributed by atoms with Gasteiger partial charge in [-0.1, -0.05) is 12.1 Å². The van der Waals surface area contributed by atoms with Crippen molar-refractivity contribution in [1.82, 2.24) is 0 Å². The number of nitrogens with one attached hydrogen (secondary N) is 1. The summed E-state index contributed by atoms with van der Waals surface area (Å²) >= 11 is 6.64. The number of aryl methyl sites for hydroxylation is 1. The maximum absolute atomic E-state index is 12.5. The molecule has 0 atom stereocenters. The molecule has 0 aromatic heterocycles. The first kappa shape index (κ1) is 16.5. The molecule has 112 valence electrons. The van der Waals surface area contributed by atoms with Crippen molar-refractivity contribution in [2.45, 2.75) is 18.4 Å². The van der Waals surface area contributed by atoms with Crippen LogP contribution in [0.1, 0.15) is 11.1 Å².